The number of amides is 1. The van der Waals surface area contributed by atoms with E-state index in [1.165, 1.54) is 0 Å². The molecule has 1 aromatic rings. The maximum Gasteiger partial charge on any atom is 0.241 e. The number of rotatable bonds is 4. The van der Waals surface area contributed by atoms with E-state index < -0.39 is 6.04 Å². The first-order chi connectivity index (χ1) is 7.17. The first-order valence-corrected chi connectivity index (χ1v) is 4.93. The molecule has 0 aliphatic carbocycles. The van der Waals surface area contributed by atoms with E-state index in [2.05, 4.69) is 5.32 Å². The molecule has 15 heavy (non-hydrogen) atoms. The summed E-state index contributed by atoms with van der Waals surface area (Å²) in [5, 5.41) is 11.6. The molecule has 1 atom stereocenters. The maximum atomic E-state index is 11.4. The summed E-state index contributed by atoms with van der Waals surface area (Å²) >= 11 is 0. The van der Waals surface area contributed by atoms with E-state index in [-0.39, 0.29) is 12.5 Å². The lowest BCUT2D eigenvalue weighted by molar-refractivity contribution is -0.117. The molecule has 0 saturated carbocycles. The zero-order valence-corrected chi connectivity index (χ0v) is 8.73. The molecule has 0 saturated heterocycles. The molecular weight excluding hydrogens is 192 g/mol. The summed E-state index contributed by atoms with van der Waals surface area (Å²) in [6.07, 6.45) is 0.603. The highest BCUT2D eigenvalue weighted by molar-refractivity contribution is 5.94. The Balaban J connectivity index is 2.68. The lowest BCUT2D eigenvalue weighted by Crippen LogP contribution is -2.34. The Morgan fingerprint density at radius 3 is 2.93 bits per heavy atom. The molecule has 0 bridgehead atoms. The highest BCUT2D eigenvalue weighted by atomic mass is 16.3. The number of aliphatic hydroxyl groups excluding tert-OH is 1. The second-order valence-electron chi connectivity index (χ2n) is 3.36. The van der Waals surface area contributed by atoms with E-state index in [1.54, 1.807) is 24.3 Å². The number of nitrogens with two attached hydrogens (primary N) is 1. The standard InChI is InChI=1S/C11H16N2O2/c1-2-10(12)11(15)13-9-5-3-4-8(6-9)7-14/h3-6,10,14H,2,7,12H2,1H3,(H,13,15)/t10-/m1/s1. The number of benzene rings is 1. The van der Waals surface area contributed by atoms with Crippen LogP contribution in [-0.4, -0.2) is 17.1 Å². The van der Waals surface area contributed by atoms with Crippen LogP contribution in [0.1, 0.15) is 18.9 Å². The van der Waals surface area contributed by atoms with Crippen molar-refractivity contribution >= 4 is 11.6 Å². The van der Waals surface area contributed by atoms with Crippen molar-refractivity contribution in [2.24, 2.45) is 5.73 Å². The highest BCUT2D eigenvalue weighted by Gasteiger charge is 2.10. The number of carbonyl (C=O) groups is 1. The lowest BCUT2D eigenvalue weighted by Gasteiger charge is -2.10. The van der Waals surface area contributed by atoms with Crippen LogP contribution in [0.4, 0.5) is 5.69 Å². The fourth-order valence-electron chi connectivity index (χ4n) is 1.17. The van der Waals surface area contributed by atoms with Gasteiger partial charge < -0.3 is 16.2 Å². The second kappa shape index (κ2) is 5.48. The summed E-state index contributed by atoms with van der Waals surface area (Å²) in [6, 6.07) is 6.57. The Morgan fingerprint density at radius 2 is 2.33 bits per heavy atom. The number of hydrogen-bond donors (Lipinski definition) is 3. The van der Waals surface area contributed by atoms with Crippen LogP contribution in [-0.2, 0) is 11.4 Å². The molecule has 0 radical (unpaired) electrons. The van der Waals surface area contributed by atoms with Crippen LogP contribution < -0.4 is 11.1 Å². The van der Waals surface area contributed by atoms with Crippen molar-refractivity contribution < 1.29 is 9.90 Å². The third-order valence-corrected chi connectivity index (χ3v) is 2.15. The van der Waals surface area contributed by atoms with Crippen molar-refractivity contribution in [2.45, 2.75) is 26.0 Å². The van der Waals surface area contributed by atoms with Crippen molar-refractivity contribution in [2.75, 3.05) is 5.32 Å². The van der Waals surface area contributed by atoms with Gasteiger partial charge >= 0.3 is 0 Å². The summed E-state index contributed by atoms with van der Waals surface area (Å²) in [7, 11) is 0. The zero-order valence-electron chi connectivity index (χ0n) is 8.73. The number of nitrogens with one attached hydrogen (secondary N) is 1. The SMILES string of the molecule is CC[C@@H](N)C(=O)Nc1cccc(CO)c1. The predicted octanol–water partition coefficient (Wildman–Crippen LogP) is 0.855. The predicted molar refractivity (Wildman–Crippen MR) is 59.3 cm³/mol. The van der Waals surface area contributed by atoms with E-state index in [0.29, 0.717) is 12.1 Å². The first-order valence-electron chi connectivity index (χ1n) is 4.93. The van der Waals surface area contributed by atoms with Gasteiger partial charge in [-0.25, -0.2) is 0 Å². The van der Waals surface area contributed by atoms with Gasteiger partial charge in [0.25, 0.3) is 0 Å². The van der Waals surface area contributed by atoms with Crippen molar-refractivity contribution in [3.63, 3.8) is 0 Å². The normalized spacial score (nSPS) is 12.2. The van der Waals surface area contributed by atoms with Crippen LogP contribution in [0.5, 0.6) is 0 Å². The fourth-order valence-corrected chi connectivity index (χ4v) is 1.17. The van der Waals surface area contributed by atoms with Gasteiger partial charge in [-0.15, -0.1) is 0 Å². The van der Waals surface area contributed by atoms with Gasteiger partial charge in [-0.1, -0.05) is 19.1 Å². The molecule has 0 aliphatic rings. The Morgan fingerprint density at radius 1 is 1.60 bits per heavy atom. The van der Waals surface area contributed by atoms with Gasteiger partial charge in [-0.3, -0.25) is 4.79 Å². The van der Waals surface area contributed by atoms with E-state index >= 15 is 0 Å². The Hall–Kier alpha value is -1.39. The average Bonchev–Trinajstić information content (AvgIpc) is 2.28. The molecule has 1 rings (SSSR count). The van der Waals surface area contributed by atoms with Crippen molar-refractivity contribution in [1.29, 1.82) is 0 Å². The highest BCUT2D eigenvalue weighted by Crippen LogP contribution is 2.10. The average molecular weight is 208 g/mol. The quantitative estimate of drug-likeness (QED) is 0.686. The molecule has 4 heteroatoms. The Labute approximate surface area is 89.1 Å². The first kappa shape index (κ1) is 11.7. The third-order valence-electron chi connectivity index (χ3n) is 2.15. The Kier molecular flexibility index (Phi) is 4.27. The summed E-state index contributed by atoms with van der Waals surface area (Å²) in [6.45, 7) is 1.82. The van der Waals surface area contributed by atoms with Crippen LogP contribution in [0.15, 0.2) is 24.3 Å². The molecule has 0 unspecified atom stereocenters. The largest absolute Gasteiger partial charge is 0.392 e. The molecule has 4 nitrogen and oxygen atoms in total. The summed E-state index contributed by atoms with van der Waals surface area (Å²) < 4.78 is 0. The molecule has 82 valence electrons. The number of carbonyl (C=O) groups excluding carboxylic acids is 1. The molecule has 0 heterocycles. The van der Waals surface area contributed by atoms with Crippen molar-refractivity contribution in [1.82, 2.24) is 0 Å². The smallest absolute Gasteiger partial charge is 0.241 e. The van der Waals surface area contributed by atoms with Crippen LogP contribution >= 0.6 is 0 Å². The maximum absolute atomic E-state index is 11.4. The third kappa shape index (κ3) is 3.34. The van der Waals surface area contributed by atoms with Gasteiger partial charge in [0, 0.05) is 5.69 Å². The molecule has 4 N–H and O–H groups in total. The van der Waals surface area contributed by atoms with Gasteiger partial charge in [0.05, 0.1) is 12.6 Å². The fraction of sp³-hybridized carbons (Fsp3) is 0.364. The van der Waals surface area contributed by atoms with Crippen molar-refractivity contribution in [3.8, 4) is 0 Å². The molecule has 0 aromatic heterocycles. The minimum absolute atomic E-state index is 0.0382. The van der Waals surface area contributed by atoms with E-state index in [0.717, 1.165) is 5.56 Å². The number of aliphatic hydroxyl groups is 1. The van der Waals surface area contributed by atoms with Crippen LogP contribution in [0.2, 0.25) is 0 Å². The summed E-state index contributed by atoms with van der Waals surface area (Å²) in [5.41, 5.74) is 7.00. The van der Waals surface area contributed by atoms with Crippen molar-refractivity contribution in [3.05, 3.63) is 29.8 Å². The minimum Gasteiger partial charge on any atom is -0.392 e. The topological polar surface area (TPSA) is 75.4 Å². The van der Waals surface area contributed by atoms with E-state index in [1.807, 2.05) is 6.92 Å². The molecular formula is C11H16N2O2. The van der Waals surface area contributed by atoms with Crippen LogP contribution in [0.25, 0.3) is 0 Å². The van der Waals surface area contributed by atoms with Gasteiger partial charge in [-0.2, -0.15) is 0 Å². The van der Waals surface area contributed by atoms with Gasteiger partial charge in [0.1, 0.15) is 0 Å². The zero-order chi connectivity index (χ0) is 11.3. The monoisotopic (exact) mass is 208 g/mol. The van der Waals surface area contributed by atoms with Gasteiger partial charge in [0.15, 0.2) is 0 Å². The Bertz CT molecular complexity index is 339. The van der Waals surface area contributed by atoms with Gasteiger partial charge in [-0.05, 0) is 24.1 Å². The van der Waals surface area contributed by atoms with Gasteiger partial charge in [0.2, 0.25) is 5.91 Å². The number of anilines is 1. The molecule has 0 fully saturated rings. The number of hydrogen-bond acceptors (Lipinski definition) is 3. The molecule has 1 amide bonds. The minimum atomic E-state index is -0.484. The summed E-state index contributed by atoms with van der Waals surface area (Å²) in [4.78, 5) is 11.4. The molecule has 1 aromatic carbocycles. The van der Waals surface area contributed by atoms with E-state index in [9.17, 15) is 4.79 Å². The molecule has 0 aliphatic heterocycles. The summed E-state index contributed by atoms with van der Waals surface area (Å²) in [5.74, 6) is -0.201. The molecule has 0 spiro atoms. The van der Waals surface area contributed by atoms with Crippen LogP contribution in [0, 0.1) is 0 Å². The van der Waals surface area contributed by atoms with E-state index in [4.69, 9.17) is 10.8 Å². The lowest BCUT2D eigenvalue weighted by atomic mass is 10.2. The van der Waals surface area contributed by atoms with Crippen LogP contribution in [0.3, 0.4) is 0 Å². The second-order valence-corrected chi connectivity index (χ2v) is 3.36.